The Labute approximate surface area is 177 Å². The number of hydrogen-bond acceptors (Lipinski definition) is 3. The molecule has 0 aromatic heterocycles. The summed E-state index contributed by atoms with van der Waals surface area (Å²) in [7, 11) is -3.66. The lowest BCUT2D eigenvalue weighted by Gasteiger charge is -2.24. The molecule has 1 heterocycles. The van der Waals surface area contributed by atoms with Gasteiger partial charge in [0, 0.05) is 17.3 Å². The second-order valence-electron chi connectivity index (χ2n) is 7.78. The predicted octanol–water partition coefficient (Wildman–Crippen LogP) is 4.70. The summed E-state index contributed by atoms with van der Waals surface area (Å²) in [5.74, 6) is -0.205. The summed E-state index contributed by atoms with van der Waals surface area (Å²) in [6.45, 7) is 5.82. The van der Waals surface area contributed by atoms with Crippen molar-refractivity contribution in [2.24, 2.45) is 0 Å². The van der Waals surface area contributed by atoms with Gasteiger partial charge in [-0.1, -0.05) is 30.3 Å². The Balaban J connectivity index is 1.64. The highest BCUT2D eigenvalue weighted by Crippen LogP contribution is 2.37. The molecular weight excluding hydrogens is 396 g/mol. The van der Waals surface area contributed by atoms with Crippen molar-refractivity contribution < 1.29 is 13.2 Å². The van der Waals surface area contributed by atoms with E-state index in [1.165, 1.54) is 4.31 Å². The molecule has 30 heavy (non-hydrogen) atoms. The van der Waals surface area contributed by atoms with E-state index >= 15 is 0 Å². The third-order valence-corrected chi connectivity index (χ3v) is 7.38. The standard InChI is InChI=1S/C24H24N2O3S/c1-16-9-10-17(2)22(13-16)25-24(27)19-11-12-23-20(15-19)14-18(3)26(23)30(28,29)21-7-5-4-6-8-21/h4-13,15,18H,14H2,1-3H3,(H,25,27)/t18-/m1/s1. The molecule has 1 atom stereocenters. The Hall–Kier alpha value is -3.12. The van der Waals surface area contributed by atoms with Gasteiger partial charge in [-0.3, -0.25) is 9.10 Å². The van der Waals surface area contributed by atoms with Crippen LogP contribution in [0.5, 0.6) is 0 Å². The molecule has 0 saturated heterocycles. The normalized spacial score (nSPS) is 15.7. The van der Waals surface area contributed by atoms with Crippen LogP contribution in [0.15, 0.2) is 71.6 Å². The predicted molar refractivity (Wildman–Crippen MR) is 120 cm³/mol. The fourth-order valence-corrected chi connectivity index (χ4v) is 5.59. The molecule has 3 aromatic carbocycles. The highest BCUT2D eigenvalue weighted by Gasteiger charge is 2.36. The first-order chi connectivity index (χ1) is 14.3. The van der Waals surface area contributed by atoms with Gasteiger partial charge in [-0.2, -0.15) is 0 Å². The topological polar surface area (TPSA) is 66.5 Å². The van der Waals surface area contributed by atoms with Gasteiger partial charge in [0.1, 0.15) is 0 Å². The van der Waals surface area contributed by atoms with E-state index < -0.39 is 10.0 Å². The maximum atomic E-state index is 13.2. The van der Waals surface area contributed by atoms with Crippen LogP contribution < -0.4 is 9.62 Å². The first kappa shape index (κ1) is 20.2. The molecule has 5 nitrogen and oxygen atoms in total. The molecule has 1 amide bonds. The average molecular weight is 421 g/mol. The van der Waals surface area contributed by atoms with Crippen LogP contribution in [-0.4, -0.2) is 20.4 Å². The SMILES string of the molecule is Cc1ccc(C)c(NC(=O)c2ccc3c(c2)C[C@@H](C)N3S(=O)(=O)c2ccccc2)c1. The summed E-state index contributed by atoms with van der Waals surface area (Å²) in [6, 6.07) is 19.4. The number of nitrogens with one attached hydrogen (secondary N) is 1. The van der Waals surface area contributed by atoms with E-state index in [2.05, 4.69) is 5.32 Å². The van der Waals surface area contributed by atoms with E-state index in [4.69, 9.17) is 0 Å². The number of carbonyl (C=O) groups is 1. The van der Waals surface area contributed by atoms with Gasteiger partial charge in [0.25, 0.3) is 15.9 Å². The molecule has 0 radical (unpaired) electrons. The molecule has 0 spiro atoms. The Kier molecular flexibility index (Phi) is 5.12. The lowest BCUT2D eigenvalue weighted by molar-refractivity contribution is 0.102. The zero-order chi connectivity index (χ0) is 21.5. The van der Waals surface area contributed by atoms with Crippen LogP contribution in [0.4, 0.5) is 11.4 Å². The fraction of sp³-hybridized carbons (Fsp3) is 0.208. The van der Waals surface area contributed by atoms with E-state index in [-0.39, 0.29) is 16.8 Å². The van der Waals surface area contributed by atoms with Crippen molar-refractivity contribution in [1.82, 2.24) is 0 Å². The first-order valence-electron chi connectivity index (χ1n) is 9.88. The van der Waals surface area contributed by atoms with E-state index in [0.717, 1.165) is 22.4 Å². The van der Waals surface area contributed by atoms with Crippen molar-refractivity contribution in [2.75, 3.05) is 9.62 Å². The molecule has 4 rings (SSSR count). The maximum absolute atomic E-state index is 13.2. The van der Waals surface area contributed by atoms with Gasteiger partial charge in [-0.05, 0) is 80.3 Å². The number of carbonyl (C=O) groups excluding carboxylic acids is 1. The van der Waals surface area contributed by atoms with Crippen LogP contribution in [0, 0.1) is 13.8 Å². The van der Waals surface area contributed by atoms with Crippen molar-refractivity contribution in [3.63, 3.8) is 0 Å². The molecule has 1 N–H and O–H groups in total. The number of sulfonamides is 1. The Bertz CT molecular complexity index is 1220. The van der Waals surface area contributed by atoms with Crippen LogP contribution in [0.3, 0.4) is 0 Å². The van der Waals surface area contributed by atoms with Gasteiger partial charge < -0.3 is 5.32 Å². The number of hydrogen-bond donors (Lipinski definition) is 1. The van der Waals surface area contributed by atoms with Crippen molar-refractivity contribution in [1.29, 1.82) is 0 Å². The van der Waals surface area contributed by atoms with Crippen LogP contribution in [0.2, 0.25) is 0 Å². The first-order valence-corrected chi connectivity index (χ1v) is 11.3. The molecule has 0 saturated carbocycles. The van der Waals surface area contributed by atoms with Crippen molar-refractivity contribution >= 4 is 27.3 Å². The van der Waals surface area contributed by atoms with Gasteiger partial charge in [0.05, 0.1) is 10.6 Å². The van der Waals surface area contributed by atoms with Crippen LogP contribution in [0.1, 0.15) is 34.0 Å². The zero-order valence-corrected chi connectivity index (χ0v) is 18.0. The second kappa shape index (κ2) is 7.61. The number of rotatable bonds is 4. The Morgan fingerprint density at radius 3 is 2.47 bits per heavy atom. The largest absolute Gasteiger partial charge is 0.322 e. The average Bonchev–Trinajstić information content (AvgIpc) is 3.07. The van der Waals surface area contributed by atoms with Gasteiger partial charge in [0.2, 0.25) is 0 Å². The summed E-state index contributed by atoms with van der Waals surface area (Å²) in [5.41, 5.74) is 4.84. The van der Waals surface area contributed by atoms with Gasteiger partial charge >= 0.3 is 0 Å². The number of nitrogens with zero attached hydrogens (tertiary/aromatic N) is 1. The number of anilines is 2. The van der Waals surface area contributed by atoms with Crippen LogP contribution >= 0.6 is 0 Å². The molecule has 3 aromatic rings. The molecule has 1 aliphatic heterocycles. The summed E-state index contributed by atoms with van der Waals surface area (Å²) < 4.78 is 27.8. The number of benzene rings is 3. The molecule has 6 heteroatoms. The summed E-state index contributed by atoms with van der Waals surface area (Å²) in [4.78, 5) is 13.1. The molecule has 0 unspecified atom stereocenters. The third kappa shape index (κ3) is 3.59. The zero-order valence-electron chi connectivity index (χ0n) is 17.2. The molecule has 1 aliphatic rings. The summed E-state index contributed by atoms with van der Waals surface area (Å²) in [6.07, 6.45) is 0.561. The third-order valence-electron chi connectivity index (χ3n) is 5.44. The minimum Gasteiger partial charge on any atom is -0.322 e. The fourth-order valence-electron chi connectivity index (χ4n) is 3.88. The lowest BCUT2D eigenvalue weighted by atomic mass is 10.1. The maximum Gasteiger partial charge on any atom is 0.264 e. The minimum atomic E-state index is -3.66. The Morgan fingerprint density at radius 2 is 1.73 bits per heavy atom. The smallest absolute Gasteiger partial charge is 0.264 e. The van der Waals surface area contributed by atoms with Crippen molar-refractivity contribution in [3.05, 3.63) is 89.0 Å². The molecular formula is C24H24N2O3S. The van der Waals surface area contributed by atoms with Crippen molar-refractivity contribution in [3.8, 4) is 0 Å². The van der Waals surface area contributed by atoms with Crippen LogP contribution in [0.25, 0.3) is 0 Å². The Morgan fingerprint density at radius 1 is 1.00 bits per heavy atom. The van der Waals surface area contributed by atoms with Crippen molar-refractivity contribution in [2.45, 2.75) is 38.1 Å². The number of aryl methyl sites for hydroxylation is 2. The van der Waals surface area contributed by atoms with Gasteiger partial charge in [-0.15, -0.1) is 0 Å². The second-order valence-corrected chi connectivity index (χ2v) is 9.60. The monoisotopic (exact) mass is 420 g/mol. The highest BCUT2D eigenvalue weighted by atomic mass is 32.2. The van der Waals surface area contributed by atoms with Gasteiger partial charge in [0.15, 0.2) is 0 Å². The van der Waals surface area contributed by atoms with E-state index in [9.17, 15) is 13.2 Å². The highest BCUT2D eigenvalue weighted by molar-refractivity contribution is 7.92. The number of fused-ring (bicyclic) bond motifs is 1. The van der Waals surface area contributed by atoms with Gasteiger partial charge in [-0.25, -0.2) is 8.42 Å². The molecule has 0 bridgehead atoms. The minimum absolute atomic E-state index is 0.205. The lowest BCUT2D eigenvalue weighted by Crippen LogP contribution is -2.35. The molecule has 0 aliphatic carbocycles. The van der Waals surface area contributed by atoms with E-state index in [1.54, 1.807) is 48.5 Å². The van der Waals surface area contributed by atoms with E-state index in [1.807, 2.05) is 39.0 Å². The molecule has 0 fully saturated rings. The van der Waals surface area contributed by atoms with Crippen LogP contribution in [-0.2, 0) is 16.4 Å². The summed E-state index contributed by atoms with van der Waals surface area (Å²) >= 11 is 0. The molecule has 154 valence electrons. The summed E-state index contributed by atoms with van der Waals surface area (Å²) in [5, 5.41) is 2.97. The van der Waals surface area contributed by atoms with E-state index in [0.29, 0.717) is 17.7 Å². The number of amides is 1. The quantitative estimate of drug-likeness (QED) is 0.666.